The Labute approximate surface area is 184 Å². The van der Waals surface area contributed by atoms with Gasteiger partial charge in [-0.1, -0.05) is 55.5 Å². The molecule has 0 saturated carbocycles. The number of hydrogen-bond donors (Lipinski definition) is 2. The summed E-state index contributed by atoms with van der Waals surface area (Å²) < 4.78 is 28.8. The number of carbonyl (C=O) groups is 1. The number of aryl methyl sites for hydroxylation is 3. The van der Waals surface area contributed by atoms with Crippen LogP contribution >= 0.6 is 0 Å². The Bertz CT molecular complexity index is 1190. The van der Waals surface area contributed by atoms with E-state index in [0.717, 1.165) is 16.7 Å². The van der Waals surface area contributed by atoms with E-state index in [1.54, 1.807) is 25.1 Å². The van der Waals surface area contributed by atoms with Crippen LogP contribution in [0.5, 0.6) is 0 Å². The zero-order valence-corrected chi connectivity index (χ0v) is 19.1. The fourth-order valence-electron chi connectivity index (χ4n) is 3.32. The van der Waals surface area contributed by atoms with Crippen LogP contribution in [0, 0.1) is 20.8 Å². The quantitative estimate of drug-likeness (QED) is 0.550. The molecule has 3 aromatic rings. The maximum atomic E-state index is 13.1. The van der Waals surface area contributed by atoms with Gasteiger partial charge in [0, 0.05) is 12.1 Å². The molecule has 31 heavy (non-hydrogen) atoms. The van der Waals surface area contributed by atoms with E-state index in [0.29, 0.717) is 23.4 Å². The Balaban J connectivity index is 1.79. The third kappa shape index (κ3) is 5.52. The minimum Gasteiger partial charge on any atom is -0.351 e. The molecule has 0 heterocycles. The van der Waals surface area contributed by atoms with Gasteiger partial charge in [0.25, 0.3) is 15.9 Å². The van der Waals surface area contributed by atoms with Gasteiger partial charge in [0.15, 0.2) is 0 Å². The van der Waals surface area contributed by atoms with Crippen molar-refractivity contribution >= 4 is 21.6 Å². The topological polar surface area (TPSA) is 75.3 Å². The van der Waals surface area contributed by atoms with Crippen molar-refractivity contribution in [2.24, 2.45) is 0 Å². The van der Waals surface area contributed by atoms with Gasteiger partial charge in [-0.25, -0.2) is 8.42 Å². The Kier molecular flexibility index (Phi) is 6.81. The van der Waals surface area contributed by atoms with Crippen molar-refractivity contribution < 1.29 is 13.2 Å². The molecule has 0 aliphatic heterocycles. The SMILES string of the molecule is Cc1ccc(C)c(NS(=O)(=O)c2cc(C(=O)NCC(C)c3ccccc3)ccc2C)c1. The van der Waals surface area contributed by atoms with Crippen LogP contribution in [0.15, 0.2) is 71.6 Å². The first-order chi connectivity index (χ1) is 14.7. The Morgan fingerprint density at radius 3 is 2.29 bits per heavy atom. The van der Waals surface area contributed by atoms with E-state index in [9.17, 15) is 13.2 Å². The third-order valence-electron chi connectivity index (χ3n) is 5.31. The second-order valence-electron chi connectivity index (χ2n) is 7.93. The van der Waals surface area contributed by atoms with E-state index in [-0.39, 0.29) is 16.7 Å². The average Bonchev–Trinajstić information content (AvgIpc) is 2.75. The van der Waals surface area contributed by atoms with Crippen LogP contribution in [-0.4, -0.2) is 20.9 Å². The van der Waals surface area contributed by atoms with Crippen LogP contribution in [0.2, 0.25) is 0 Å². The molecule has 2 N–H and O–H groups in total. The summed E-state index contributed by atoms with van der Waals surface area (Å²) in [4.78, 5) is 12.8. The smallest absolute Gasteiger partial charge is 0.262 e. The van der Waals surface area contributed by atoms with Crippen LogP contribution in [0.1, 0.15) is 45.5 Å². The molecular weight excluding hydrogens is 408 g/mol. The molecule has 0 bridgehead atoms. The molecule has 0 saturated heterocycles. The van der Waals surface area contributed by atoms with Crippen molar-refractivity contribution in [1.29, 1.82) is 0 Å². The van der Waals surface area contributed by atoms with Crippen molar-refractivity contribution in [3.8, 4) is 0 Å². The highest BCUT2D eigenvalue weighted by atomic mass is 32.2. The molecule has 1 atom stereocenters. The van der Waals surface area contributed by atoms with Crippen LogP contribution < -0.4 is 10.0 Å². The summed E-state index contributed by atoms with van der Waals surface area (Å²) in [7, 11) is -3.84. The molecule has 6 heteroatoms. The summed E-state index contributed by atoms with van der Waals surface area (Å²) in [5.74, 6) is -0.157. The van der Waals surface area contributed by atoms with Gasteiger partial charge in [-0.3, -0.25) is 9.52 Å². The maximum absolute atomic E-state index is 13.1. The predicted molar refractivity (Wildman–Crippen MR) is 125 cm³/mol. The lowest BCUT2D eigenvalue weighted by Gasteiger charge is -2.15. The van der Waals surface area contributed by atoms with Crippen LogP contribution in [0.25, 0.3) is 0 Å². The van der Waals surface area contributed by atoms with Gasteiger partial charge in [0.05, 0.1) is 10.6 Å². The van der Waals surface area contributed by atoms with Gasteiger partial charge < -0.3 is 5.32 Å². The van der Waals surface area contributed by atoms with E-state index in [1.165, 1.54) is 6.07 Å². The number of anilines is 1. The number of amides is 1. The van der Waals surface area contributed by atoms with Crippen LogP contribution in [-0.2, 0) is 10.0 Å². The van der Waals surface area contributed by atoms with E-state index >= 15 is 0 Å². The predicted octanol–water partition coefficient (Wildman–Crippen LogP) is 4.95. The summed E-state index contributed by atoms with van der Waals surface area (Å²) >= 11 is 0. The minimum atomic E-state index is -3.84. The van der Waals surface area contributed by atoms with Crippen LogP contribution in [0.3, 0.4) is 0 Å². The molecule has 0 radical (unpaired) electrons. The number of rotatable bonds is 7. The zero-order valence-electron chi connectivity index (χ0n) is 18.3. The van der Waals surface area contributed by atoms with Gasteiger partial charge in [-0.2, -0.15) is 0 Å². The highest BCUT2D eigenvalue weighted by molar-refractivity contribution is 7.92. The number of hydrogen-bond acceptors (Lipinski definition) is 3. The van der Waals surface area contributed by atoms with E-state index in [1.807, 2.05) is 63.2 Å². The Hall–Kier alpha value is -3.12. The minimum absolute atomic E-state index is 0.0946. The first kappa shape index (κ1) is 22.6. The number of carbonyl (C=O) groups excluding carboxylic acids is 1. The lowest BCUT2D eigenvalue weighted by atomic mass is 10.0. The molecule has 3 rings (SSSR count). The molecule has 0 aliphatic carbocycles. The fraction of sp³-hybridized carbons (Fsp3) is 0.240. The molecule has 0 aromatic heterocycles. The van der Waals surface area contributed by atoms with Crippen molar-refractivity contribution in [3.05, 3.63) is 94.5 Å². The first-order valence-corrected chi connectivity index (χ1v) is 11.7. The molecular formula is C25H28N2O3S. The van der Waals surface area contributed by atoms with Gasteiger partial charge in [-0.15, -0.1) is 0 Å². The molecule has 5 nitrogen and oxygen atoms in total. The lowest BCUT2D eigenvalue weighted by molar-refractivity contribution is 0.0951. The lowest BCUT2D eigenvalue weighted by Crippen LogP contribution is -2.28. The molecule has 1 unspecified atom stereocenters. The second kappa shape index (κ2) is 9.35. The van der Waals surface area contributed by atoms with Crippen molar-refractivity contribution in [2.75, 3.05) is 11.3 Å². The van der Waals surface area contributed by atoms with Crippen molar-refractivity contribution in [2.45, 2.75) is 38.5 Å². The average molecular weight is 437 g/mol. The molecule has 1 amide bonds. The number of nitrogens with one attached hydrogen (secondary N) is 2. The van der Waals surface area contributed by atoms with Crippen molar-refractivity contribution in [3.63, 3.8) is 0 Å². The highest BCUT2D eigenvalue weighted by Crippen LogP contribution is 2.24. The van der Waals surface area contributed by atoms with E-state index in [4.69, 9.17) is 0 Å². The first-order valence-electron chi connectivity index (χ1n) is 10.2. The molecule has 3 aromatic carbocycles. The van der Waals surface area contributed by atoms with E-state index < -0.39 is 10.0 Å². The summed E-state index contributed by atoms with van der Waals surface area (Å²) in [6.07, 6.45) is 0. The van der Waals surface area contributed by atoms with Gasteiger partial charge in [-0.05, 0) is 67.1 Å². The van der Waals surface area contributed by atoms with Crippen molar-refractivity contribution in [1.82, 2.24) is 5.32 Å². The largest absolute Gasteiger partial charge is 0.351 e. The fourth-order valence-corrected chi connectivity index (χ4v) is 4.72. The number of benzene rings is 3. The summed E-state index contributed by atoms with van der Waals surface area (Å²) in [6.45, 7) is 7.97. The summed E-state index contributed by atoms with van der Waals surface area (Å²) in [6, 6.07) is 20.3. The Morgan fingerprint density at radius 2 is 1.58 bits per heavy atom. The summed E-state index contributed by atoms with van der Waals surface area (Å²) in [5.41, 5.74) is 4.34. The Morgan fingerprint density at radius 1 is 0.903 bits per heavy atom. The second-order valence-corrected chi connectivity index (χ2v) is 9.58. The highest BCUT2D eigenvalue weighted by Gasteiger charge is 2.20. The molecule has 0 aliphatic rings. The standard InChI is InChI=1S/C25H28N2O3S/c1-17-10-11-18(2)23(14-17)27-31(29,30)24-15-22(13-12-19(24)3)25(28)26-16-20(4)21-8-6-5-7-9-21/h5-15,20,27H,16H2,1-4H3,(H,26,28). The number of sulfonamides is 1. The zero-order chi connectivity index (χ0) is 22.6. The van der Waals surface area contributed by atoms with Gasteiger partial charge in [0.2, 0.25) is 0 Å². The van der Waals surface area contributed by atoms with E-state index in [2.05, 4.69) is 10.0 Å². The van der Waals surface area contributed by atoms with Gasteiger partial charge in [0.1, 0.15) is 0 Å². The maximum Gasteiger partial charge on any atom is 0.262 e. The molecule has 162 valence electrons. The molecule has 0 fully saturated rings. The van der Waals surface area contributed by atoms with Gasteiger partial charge >= 0.3 is 0 Å². The normalized spacial score (nSPS) is 12.3. The monoisotopic (exact) mass is 436 g/mol. The van der Waals surface area contributed by atoms with Crippen LogP contribution in [0.4, 0.5) is 5.69 Å². The molecule has 0 spiro atoms. The third-order valence-corrected chi connectivity index (χ3v) is 6.82. The summed E-state index contributed by atoms with van der Waals surface area (Å²) in [5, 5.41) is 2.91.